The van der Waals surface area contributed by atoms with Gasteiger partial charge >= 0.3 is 6.09 Å². The number of hydrogen-bond donors (Lipinski definition) is 3. The van der Waals surface area contributed by atoms with Crippen molar-refractivity contribution in [2.24, 2.45) is 0 Å². The Hall–Kier alpha value is -2.29. The summed E-state index contributed by atoms with van der Waals surface area (Å²) in [6.45, 7) is -1.18. The lowest BCUT2D eigenvalue weighted by Gasteiger charge is -2.11. The first-order valence-corrected chi connectivity index (χ1v) is 8.54. The highest BCUT2D eigenvalue weighted by molar-refractivity contribution is 8.04. The van der Waals surface area contributed by atoms with E-state index in [0.29, 0.717) is 0 Å². The van der Waals surface area contributed by atoms with Gasteiger partial charge in [-0.2, -0.15) is 16.8 Å². The first-order valence-electron chi connectivity index (χ1n) is 5.54. The van der Waals surface area contributed by atoms with E-state index in [1.165, 1.54) is 0 Å². The molecule has 23 heavy (non-hydrogen) atoms. The summed E-state index contributed by atoms with van der Waals surface area (Å²) in [5, 5.41) is 12.1. The van der Waals surface area contributed by atoms with Gasteiger partial charge in [0.2, 0.25) is 4.58 Å². The number of carbonyl (C=O) groups is 1. The first kappa shape index (κ1) is 18.8. The normalized spacial score (nSPS) is 12.0. The molecule has 0 unspecified atom stereocenters. The molecule has 0 fully saturated rings. The molecule has 0 aromatic heterocycles. The van der Waals surface area contributed by atoms with Gasteiger partial charge in [-0.3, -0.25) is 19.2 Å². The number of nitro benzene ring substituents is 1. The average Bonchev–Trinajstić information content (AvgIpc) is 2.36. The van der Waals surface area contributed by atoms with E-state index in [9.17, 15) is 31.7 Å². The first-order chi connectivity index (χ1) is 10.4. The number of ether oxygens (including phenoxy) is 1. The highest BCUT2D eigenvalue weighted by Gasteiger charge is 2.36. The SMILES string of the molecule is O=C(NCC(S(=O)(=O)O)S(=O)(=O)O)Oc1ccc([N+](=O)[O-])cc1. The van der Waals surface area contributed by atoms with Gasteiger partial charge in [-0.1, -0.05) is 0 Å². The molecule has 1 rings (SSSR count). The smallest absolute Gasteiger partial charge is 0.410 e. The van der Waals surface area contributed by atoms with Crippen LogP contribution in [0.2, 0.25) is 0 Å². The van der Waals surface area contributed by atoms with E-state index in [1.807, 2.05) is 0 Å². The van der Waals surface area contributed by atoms with E-state index in [1.54, 1.807) is 5.32 Å². The minimum atomic E-state index is -5.19. The van der Waals surface area contributed by atoms with Gasteiger partial charge < -0.3 is 10.1 Å². The van der Waals surface area contributed by atoms with Crippen LogP contribution in [-0.4, -0.2) is 48.1 Å². The summed E-state index contributed by atoms with van der Waals surface area (Å²) >= 11 is 0. The number of carbonyl (C=O) groups excluding carboxylic acids is 1. The lowest BCUT2D eigenvalue weighted by atomic mass is 10.3. The fourth-order valence-electron chi connectivity index (χ4n) is 1.31. The number of hydrogen-bond acceptors (Lipinski definition) is 8. The number of nitrogens with zero attached hydrogens (tertiary/aromatic N) is 1. The van der Waals surface area contributed by atoms with Crippen molar-refractivity contribution in [1.82, 2.24) is 5.32 Å². The van der Waals surface area contributed by atoms with Crippen molar-refractivity contribution in [2.75, 3.05) is 6.54 Å². The van der Waals surface area contributed by atoms with Crippen LogP contribution < -0.4 is 10.1 Å². The molecule has 12 nitrogen and oxygen atoms in total. The molecule has 0 aliphatic heterocycles. The van der Waals surface area contributed by atoms with Gasteiger partial charge in [0.1, 0.15) is 5.75 Å². The number of benzene rings is 1. The third kappa shape index (κ3) is 5.78. The number of nitro groups is 1. The summed E-state index contributed by atoms with van der Waals surface area (Å²) in [6, 6.07) is 4.20. The van der Waals surface area contributed by atoms with E-state index >= 15 is 0 Å². The van der Waals surface area contributed by atoms with Crippen LogP contribution in [-0.2, 0) is 20.2 Å². The Morgan fingerprint density at radius 2 is 1.65 bits per heavy atom. The van der Waals surface area contributed by atoms with Crippen LogP contribution in [0.4, 0.5) is 10.5 Å². The van der Waals surface area contributed by atoms with E-state index in [-0.39, 0.29) is 11.4 Å². The zero-order valence-corrected chi connectivity index (χ0v) is 12.7. The van der Waals surface area contributed by atoms with Crippen LogP contribution in [0.25, 0.3) is 0 Å². The Bertz CT molecular complexity index is 767. The Kier molecular flexibility index (Phi) is 5.60. The molecule has 0 saturated heterocycles. The number of nitrogens with one attached hydrogen (secondary N) is 1. The van der Waals surface area contributed by atoms with E-state index in [4.69, 9.17) is 9.11 Å². The third-order valence-electron chi connectivity index (χ3n) is 2.34. The summed E-state index contributed by atoms with van der Waals surface area (Å²) in [6.07, 6.45) is -1.31. The lowest BCUT2D eigenvalue weighted by Crippen LogP contribution is -2.42. The Morgan fingerprint density at radius 1 is 1.17 bits per heavy atom. The van der Waals surface area contributed by atoms with Crippen molar-refractivity contribution in [3.8, 4) is 5.75 Å². The van der Waals surface area contributed by atoms with Gasteiger partial charge in [0, 0.05) is 12.1 Å². The van der Waals surface area contributed by atoms with Crippen molar-refractivity contribution in [2.45, 2.75) is 4.58 Å². The van der Waals surface area contributed by atoms with Crippen molar-refractivity contribution in [1.29, 1.82) is 0 Å². The molecule has 1 aromatic carbocycles. The standard InChI is InChI=1S/C9H10N2O10S2/c12-9(10-5-8(22(15,16)17)23(18,19)20)21-7-3-1-6(2-4-7)11(13)14/h1-4,8H,5H2,(H,10,12)(H,15,16,17)(H,18,19,20). The summed E-state index contributed by atoms with van der Waals surface area (Å²) in [4.78, 5) is 21.1. The second kappa shape index (κ2) is 6.86. The van der Waals surface area contributed by atoms with Crippen LogP contribution in [0.3, 0.4) is 0 Å². The van der Waals surface area contributed by atoms with Gasteiger partial charge in [0.25, 0.3) is 25.9 Å². The highest BCUT2D eigenvalue weighted by atomic mass is 32.3. The molecule has 0 heterocycles. The Morgan fingerprint density at radius 3 is 2.04 bits per heavy atom. The molecule has 0 saturated carbocycles. The van der Waals surface area contributed by atoms with Gasteiger partial charge in [-0.15, -0.1) is 0 Å². The molecule has 1 aromatic rings. The molecular weight excluding hydrogens is 360 g/mol. The van der Waals surface area contributed by atoms with Crippen LogP contribution >= 0.6 is 0 Å². The minimum Gasteiger partial charge on any atom is -0.410 e. The highest BCUT2D eigenvalue weighted by Crippen LogP contribution is 2.17. The van der Waals surface area contributed by atoms with E-state index in [0.717, 1.165) is 24.3 Å². The second-order valence-corrected chi connectivity index (χ2v) is 7.48. The molecule has 128 valence electrons. The molecule has 1 amide bonds. The fourth-order valence-corrected chi connectivity index (χ4v) is 3.13. The Balaban J connectivity index is 2.71. The number of non-ortho nitro benzene ring substituents is 1. The summed E-state index contributed by atoms with van der Waals surface area (Å²) < 4.78 is 62.5. The molecule has 14 heteroatoms. The van der Waals surface area contributed by atoms with E-state index < -0.39 is 42.4 Å². The Labute approximate surface area is 129 Å². The molecular formula is C9H10N2O10S2. The van der Waals surface area contributed by atoms with Gasteiger partial charge in [0.15, 0.2) is 0 Å². The van der Waals surface area contributed by atoms with Crippen LogP contribution in [0.5, 0.6) is 5.75 Å². The van der Waals surface area contributed by atoms with Crippen molar-refractivity contribution in [3.05, 3.63) is 34.4 Å². The van der Waals surface area contributed by atoms with Gasteiger partial charge in [-0.25, -0.2) is 4.79 Å². The van der Waals surface area contributed by atoms with Crippen molar-refractivity contribution >= 4 is 32.0 Å². The predicted octanol–water partition coefficient (Wildman–Crippen LogP) is -0.215. The molecule has 0 atom stereocenters. The van der Waals surface area contributed by atoms with Crippen molar-refractivity contribution < 1.29 is 40.4 Å². The average molecular weight is 370 g/mol. The molecule has 0 spiro atoms. The summed E-state index contributed by atoms with van der Waals surface area (Å²) in [7, 11) is -10.4. The molecule has 0 aliphatic carbocycles. The maximum atomic E-state index is 11.4. The summed E-state index contributed by atoms with van der Waals surface area (Å²) in [5.41, 5.74) is -0.268. The van der Waals surface area contributed by atoms with E-state index in [2.05, 4.69) is 4.74 Å². The third-order valence-corrected chi connectivity index (χ3v) is 5.46. The fraction of sp³-hybridized carbons (Fsp3) is 0.222. The predicted molar refractivity (Wildman–Crippen MR) is 74.0 cm³/mol. The van der Waals surface area contributed by atoms with Gasteiger partial charge in [0.05, 0.1) is 11.5 Å². The van der Waals surface area contributed by atoms with Crippen LogP contribution in [0.1, 0.15) is 0 Å². The maximum Gasteiger partial charge on any atom is 0.412 e. The monoisotopic (exact) mass is 370 g/mol. The molecule has 3 N–H and O–H groups in total. The quantitative estimate of drug-likeness (QED) is 0.343. The maximum absolute atomic E-state index is 11.4. The summed E-state index contributed by atoms with van der Waals surface area (Å²) in [5.74, 6) is -0.150. The number of rotatable bonds is 6. The topological polar surface area (TPSA) is 190 Å². The van der Waals surface area contributed by atoms with Crippen LogP contribution in [0.15, 0.2) is 24.3 Å². The van der Waals surface area contributed by atoms with Crippen molar-refractivity contribution in [3.63, 3.8) is 0 Å². The molecule has 0 aliphatic rings. The second-order valence-electron chi connectivity index (χ2n) is 3.98. The minimum absolute atomic E-state index is 0.150. The lowest BCUT2D eigenvalue weighted by molar-refractivity contribution is -0.384. The molecule has 0 radical (unpaired) electrons. The zero-order valence-electron chi connectivity index (χ0n) is 11.0. The van der Waals surface area contributed by atoms with Crippen LogP contribution in [0, 0.1) is 10.1 Å². The largest absolute Gasteiger partial charge is 0.412 e. The molecule has 0 bridgehead atoms. The van der Waals surface area contributed by atoms with Gasteiger partial charge in [-0.05, 0) is 12.1 Å². The zero-order chi connectivity index (χ0) is 17.8. The number of amides is 1.